The maximum atomic E-state index is 12.7. The Morgan fingerprint density at radius 1 is 1.27 bits per heavy atom. The smallest absolute Gasteiger partial charge is 0.255 e. The van der Waals surface area contributed by atoms with Gasteiger partial charge in [-0.15, -0.1) is 0 Å². The van der Waals surface area contributed by atoms with Gasteiger partial charge in [-0.05, 0) is 37.0 Å². The Balaban J connectivity index is 1.54. The summed E-state index contributed by atoms with van der Waals surface area (Å²) in [4.78, 5) is 23.0. The van der Waals surface area contributed by atoms with E-state index in [0.29, 0.717) is 12.5 Å². The van der Waals surface area contributed by atoms with Gasteiger partial charge in [-0.2, -0.15) is 0 Å². The van der Waals surface area contributed by atoms with E-state index in [-0.39, 0.29) is 5.56 Å². The summed E-state index contributed by atoms with van der Waals surface area (Å²) in [5.41, 5.74) is 4.24. The largest absolute Gasteiger partial charge is 0.310 e. The summed E-state index contributed by atoms with van der Waals surface area (Å²) in [6.07, 6.45) is 6.94. The van der Waals surface area contributed by atoms with Crippen molar-refractivity contribution in [2.24, 2.45) is 0 Å². The number of halogens is 1. The van der Waals surface area contributed by atoms with Crippen molar-refractivity contribution >= 4 is 11.6 Å². The standard InChI is InChI=1S/C21H26ClN3O/c1-14-6-5-9-18(22)16(14)12-25-11-10-19-17(13-25)21(26)24-20(23-19)15-7-3-2-4-8-15/h5-6,9,15H,2-4,7-8,10-13H2,1H3,(H,23,24,26). The maximum absolute atomic E-state index is 12.7. The molecule has 1 N–H and O–H groups in total. The van der Waals surface area contributed by atoms with Crippen molar-refractivity contribution < 1.29 is 0 Å². The van der Waals surface area contributed by atoms with E-state index < -0.39 is 0 Å². The Labute approximate surface area is 159 Å². The molecule has 1 fully saturated rings. The van der Waals surface area contributed by atoms with Gasteiger partial charge in [0.25, 0.3) is 5.56 Å². The Morgan fingerprint density at radius 2 is 2.08 bits per heavy atom. The molecule has 4 rings (SSSR count). The van der Waals surface area contributed by atoms with Gasteiger partial charge in [0.1, 0.15) is 5.82 Å². The van der Waals surface area contributed by atoms with E-state index in [1.807, 2.05) is 12.1 Å². The van der Waals surface area contributed by atoms with E-state index in [1.54, 1.807) is 0 Å². The number of aromatic amines is 1. The number of hydrogen-bond donors (Lipinski definition) is 1. The highest BCUT2D eigenvalue weighted by Crippen LogP contribution is 2.31. The quantitative estimate of drug-likeness (QED) is 0.873. The first kappa shape index (κ1) is 17.7. The van der Waals surface area contributed by atoms with Crippen LogP contribution in [0.5, 0.6) is 0 Å². The average Bonchev–Trinajstić information content (AvgIpc) is 2.66. The van der Waals surface area contributed by atoms with E-state index in [2.05, 4.69) is 22.9 Å². The van der Waals surface area contributed by atoms with Crippen LogP contribution in [0.15, 0.2) is 23.0 Å². The lowest BCUT2D eigenvalue weighted by Gasteiger charge is -2.29. The first-order valence-corrected chi connectivity index (χ1v) is 10.1. The van der Waals surface area contributed by atoms with E-state index in [4.69, 9.17) is 16.6 Å². The molecule has 0 saturated heterocycles. The van der Waals surface area contributed by atoms with Gasteiger partial charge in [-0.3, -0.25) is 9.69 Å². The minimum Gasteiger partial charge on any atom is -0.310 e. The van der Waals surface area contributed by atoms with Crippen LogP contribution in [0.25, 0.3) is 0 Å². The number of hydrogen-bond acceptors (Lipinski definition) is 3. The number of fused-ring (bicyclic) bond motifs is 1. The molecule has 5 heteroatoms. The Morgan fingerprint density at radius 3 is 2.85 bits per heavy atom. The number of H-pyrrole nitrogens is 1. The first-order valence-electron chi connectivity index (χ1n) is 9.70. The molecule has 26 heavy (non-hydrogen) atoms. The van der Waals surface area contributed by atoms with Crippen LogP contribution >= 0.6 is 11.6 Å². The van der Waals surface area contributed by atoms with Gasteiger partial charge in [-0.25, -0.2) is 4.98 Å². The molecule has 2 aromatic rings. The van der Waals surface area contributed by atoms with Gasteiger partial charge in [0.05, 0.1) is 11.3 Å². The van der Waals surface area contributed by atoms with Crippen LogP contribution in [-0.2, 0) is 19.5 Å². The van der Waals surface area contributed by atoms with Crippen molar-refractivity contribution in [2.45, 2.75) is 64.5 Å². The van der Waals surface area contributed by atoms with E-state index >= 15 is 0 Å². The Kier molecular flexibility index (Phi) is 5.14. The zero-order chi connectivity index (χ0) is 18.1. The summed E-state index contributed by atoms with van der Waals surface area (Å²) >= 11 is 6.38. The fourth-order valence-corrected chi connectivity index (χ4v) is 4.58. The van der Waals surface area contributed by atoms with E-state index in [1.165, 1.54) is 24.8 Å². The molecule has 2 heterocycles. The summed E-state index contributed by atoms with van der Waals surface area (Å²) in [7, 11) is 0. The summed E-state index contributed by atoms with van der Waals surface area (Å²) in [6.45, 7) is 4.42. The number of rotatable bonds is 3. The average molecular weight is 372 g/mol. The topological polar surface area (TPSA) is 49.0 Å². The minimum absolute atomic E-state index is 0.0520. The van der Waals surface area contributed by atoms with E-state index in [9.17, 15) is 4.79 Å². The second kappa shape index (κ2) is 7.53. The van der Waals surface area contributed by atoms with Crippen molar-refractivity contribution in [2.75, 3.05) is 6.54 Å². The van der Waals surface area contributed by atoms with Gasteiger partial charge >= 0.3 is 0 Å². The third-order valence-electron chi connectivity index (χ3n) is 5.89. The molecule has 0 unspecified atom stereocenters. The molecule has 0 radical (unpaired) electrons. The lowest BCUT2D eigenvalue weighted by molar-refractivity contribution is 0.240. The molecule has 1 aromatic carbocycles. The van der Waals surface area contributed by atoms with Gasteiger partial charge in [0, 0.05) is 37.0 Å². The highest BCUT2D eigenvalue weighted by atomic mass is 35.5. The summed E-state index contributed by atoms with van der Waals surface area (Å²) in [6, 6.07) is 6.00. The second-order valence-electron chi connectivity index (χ2n) is 7.71. The Bertz CT molecular complexity index is 835. The molecule has 0 bridgehead atoms. The van der Waals surface area contributed by atoms with Crippen molar-refractivity contribution in [1.29, 1.82) is 0 Å². The number of aromatic nitrogens is 2. The van der Waals surface area contributed by atoms with Crippen molar-refractivity contribution in [3.8, 4) is 0 Å². The zero-order valence-electron chi connectivity index (χ0n) is 15.4. The van der Waals surface area contributed by atoms with E-state index in [0.717, 1.165) is 60.0 Å². The second-order valence-corrected chi connectivity index (χ2v) is 8.11. The van der Waals surface area contributed by atoms with Crippen molar-refractivity contribution in [3.05, 3.63) is 61.8 Å². The molecular formula is C21H26ClN3O. The molecule has 4 nitrogen and oxygen atoms in total. The van der Waals surface area contributed by atoms with Gasteiger partial charge < -0.3 is 4.98 Å². The summed E-state index contributed by atoms with van der Waals surface area (Å²) < 4.78 is 0. The van der Waals surface area contributed by atoms with Crippen LogP contribution < -0.4 is 5.56 Å². The molecule has 0 spiro atoms. The first-order chi connectivity index (χ1) is 12.6. The molecule has 1 aliphatic carbocycles. The molecule has 0 amide bonds. The molecule has 138 valence electrons. The van der Waals surface area contributed by atoms with Crippen LogP contribution in [0.1, 0.15) is 66.2 Å². The third-order valence-corrected chi connectivity index (χ3v) is 6.25. The Hall–Kier alpha value is -1.65. The molecule has 1 aromatic heterocycles. The van der Waals surface area contributed by atoms with Crippen molar-refractivity contribution in [3.63, 3.8) is 0 Å². The predicted molar refractivity (Wildman–Crippen MR) is 105 cm³/mol. The molecule has 2 aliphatic rings. The van der Waals surface area contributed by atoms with Crippen LogP contribution in [0.4, 0.5) is 0 Å². The van der Waals surface area contributed by atoms with Gasteiger partial charge in [0.15, 0.2) is 0 Å². The van der Waals surface area contributed by atoms with Crippen LogP contribution in [0.3, 0.4) is 0 Å². The number of benzene rings is 1. The fraction of sp³-hybridized carbons (Fsp3) is 0.524. The van der Waals surface area contributed by atoms with Gasteiger partial charge in [-0.1, -0.05) is 43.0 Å². The highest BCUT2D eigenvalue weighted by molar-refractivity contribution is 6.31. The lowest BCUT2D eigenvalue weighted by atomic mass is 9.88. The molecule has 1 saturated carbocycles. The number of nitrogens with one attached hydrogen (secondary N) is 1. The fourth-order valence-electron chi connectivity index (χ4n) is 4.29. The zero-order valence-corrected chi connectivity index (χ0v) is 16.1. The van der Waals surface area contributed by atoms with Crippen molar-refractivity contribution in [1.82, 2.24) is 14.9 Å². The normalized spacial score (nSPS) is 18.7. The summed E-state index contributed by atoms with van der Waals surface area (Å²) in [5, 5.41) is 0.801. The van der Waals surface area contributed by atoms with Crippen LogP contribution in [0, 0.1) is 6.92 Å². The SMILES string of the molecule is Cc1cccc(Cl)c1CN1CCc2nc(C3CCCCC3)[nH]c(=O)c2C1. The molecule has 0 atom stereocenters. The summed E-state index contributed by atoms with van der Waals surface area (Å²) in [5.74, 6) is 1.36. The maximum Gasteiger partial charge on any atom is 0.255 e. The number of aryl methyl sites for hydroxylation is 1. The number of nitrogens with zero attached hydrogens (tertiary/aromatic N) is 2. The van der Waals surface area contributed by atoms with Crippen LogP contribution in [0.2, 0.25) is 5.02 Å². The minimum atomic E-state index is 0.0520. The molecular weight excluding hydrogens is 346 g/mol. The third kappa shape index (κ3) is 3.58. The lowest BCUT2D eigenvalue weighted by Crippen LogP contribution is -2.36. The monoisotopic (exact) mass is 371 g/mol. The predicted octanol–water partition coefficient (Wildman–Crippen LogP) is 4.34. The van der Waals surface area contributed by atoms with Crippen LogP contribution in [-0.4, -0.2) is 21.4 Å². The van der Waals surface area contributed by atoms with Gasteiger partial charge in [0.2, 0.25) is 0 Å². The molecule has 1 aliphatic heterocycles. The highest BCUT2D eigenvalue weighted by Gasteiger charge is 2.25.